The van der Waals surface area contributed by atoms with Crippen LogP contribution in [-0.2, 0) is 0 Å². The number of hydrogen-bond acceptors (Lipinski definition) is 2. The third kappa shape index (κ3) is 2.06. The molecule has 124 valence electrons. The summed E-state index contributed by atoms with van der Waals surface area (Å²) in [7, 11) is 0. The Morgan fingerprint density at radius 3 is 2.73 bits per heavy atom. The molecule has 0 aromatic heterocycles. The summed E-state index contributed by atoms with van der Waals surface area (Å²) in [6.45, 7) is 5.16. The number of hydrogen-bond donors (Lipinski definition) is 2. The second-order valence-corrected chi connectivity index (χ2v) is 8.95. The molecule has 22 heavy (non-hydrogen) atoms. The van der Waals surface area contributed by atoms with E-state index in [1.165, 1.54) is 44.1 Å². The van der Waals surface area contributed by atoms with Crippen LogP contribution in [0.15, 0.2) is 11.1 Å². The number of fused-ring (bicyclic) bond motifs is 5. The summed E-state index contributed by atoms with van der Waals surface area (Å²) in [5.41, 5.74) is 3.72. The van der Waals surface area contributed by atoms with Crippen LogP contribution in [0.2, 0.25) is 0 Å². The molecule has 0 aromatic rings. The first-order valence-corrected chi connectivity index (χ1v) is 9.53. The lowest BCUT2D eigenvalue weighted by Gasteiger charge is -2.58. The first-order valence-electron chi connectivity index (χ1n) is 9.53. The number of aliphatic hydroxyl groups is 2. The molecule has 3 saturated carbocycles. The van der Waals surface area contributed by atoms with Crippen molar-refractivity contribution in [2.45, 2.75) is 71.3 Å². The van der Waals surface area contributed by atoms with Crippen molar-refractivity contribution in [2.75, 3.05) is 6.61 Å². The van der Waals surface area contributed by atoms with Gasteiger partial charge in [-0.2, -0.15) is 0 Å². The molecule has 2 heteroatoms. The van der Waals surface area contributed by atoms with Gasteiger partial charge in [0.15, 0.2) is 0 Å². The zero-order valence-electron chi connectivity index (χ0n) is 14.2. The minimum absolute atomic E-state index is 0.0406. The van der Waals surface area contributed by atoms with Crippen molar-refractivity contribution < 1.29 is 10.2 Å². The van der Waals surface area contributed by atoms with Crippen molar-refractivity contribution in [1.29, 1.82) is 0 Å². The maximum absolute atomic E-state index is 10.1. The minimum atomic E-state index is -0.0406. The van der Waals surface area contributed by atoms with E-state index in [0.717, 1.165) is 36.5 Å². The SMILES string of the molecule is CC1=C2CC[C@H]3[C@@H](CC[C@H]4C[C@@H](O)CC[C@@]43C)[C@@H]2C[C@@H]1CO. The van der Waals surface area contributed by atoms with Crippen molar-refractivity contribution in [3.63, 3.8) is 0 Å². The van der Waals surface area contributed by atoms with Gasteiger partial charge in [0.1, 0.15) is 0 Å². The van der Waals surface area contributed by atoms with Gasteiger partial charge >= 0.3 is 0 Å². The molecule has 2 N–H and O–H groups in total. The van der Waals surface area contributed by atoms with E-state index < -0.39 is 0 Å². The van der Waals surface area contributed by atoms with Crippen LogP contribution in [0.5, 0.6) is 0 Å². The smallest absolute Gasteiger partial charge is 0.0543 e. The number of allylic oxidation sites excluding steroid dienone is 1. The third-order valence-corrected chi connectivity index (χ3v) is 8.28. The Hall–Kier alpha value is -0.340. The van der Waals surface area contributed by atoms with Gasteiger partial charge in [-0.05, 0) is 87.4 Å². The van der Waals surface area contributed by atoms with Gasteiger partial charge in [0.25, 0.3) is 0 Å². The van der Waals surface area contributed by atoms with Crippen molar-refractivity contribution in [3.8, 4) is 0 Å². The first kappa shape index (κ1) is 15.2. The van der Waals surface area contributed by atoms with E-state index in [4.69, 9.17) is 0 Å². The highest BCUT2D eigenvalue weighted by atomic mass is 16.3. The van der Waals surface area contributed by atoms with Crippen LogP contribution in [0, 0.1) is 35.0 Å². The Morgan fingerprint density at radius 1 is 1.14 bits per heavy atom. The summed E-state index contributed by atoms with van der Waals surface area (Å²) in [5, 5.41) is 19.8. The van der Waals surface area contributed by atoms with Crippen LogP contribution in [0.3, 0.4) is 0 Å². The summed E-state index contributed by atoms with van der Waals surface area (Å²) >= 11 is 0. The lowest BCUT2D eigenvalue weighted by Crippen LogP contribution is -2.50. The van der Waals surface area contributed by atoms with Crippen LogP contribution in [0.4, 0.5) is 0 Å². The summed E-state index contributed by atoms with van der Waals surface area (Å²) in [5.74, 6) is 3.67. The van der Waals surface area contributed by atoms with E-state index in [2.05, 4.69) is 13.8 Å². The van der Waals surface area contributed by atoms with E-state index in [0.29, 0.717) is 17.9 Å². The third-order valence-electron chi connectivity index (χ3n) is 8.28. The van der Waals surface area contributed by atoms with E-state index in [1.807, 2.05) is 0 Å². The minimum Gasteiger partial charge on any atom is -0.396 e. The second-order valence-electron chi connectivity index (χ2n) is 8.95. The Morgan fingerprint density at radius 2 is 1.95 bits per heavy atom. The highest BCUT2D eigenvalue weighted by Crippen LogP contribution is 2.63. The fourth-order valence-corrected chi connectivity index (χ4v) is 6.96. The summed E-state index contributed by atoms with van der Waals surface area (Å²) in [4.78, 5) is 0. The van der Waals surface area contributed by atoms with Crippen molar-refractivity contribution in [1.82, 2.24) is 0 Å². The molecule has 2 nitrogen and oxygen atoms in total. The Balaban J connectivity index is 1.61. The molecule has 0 radical (unpaired) electrons. The Labute approximate surface area is 135 Å². The highest BCUT2D eigenvalue weighted by molar-refractivity contribution is 5.28. The van der Waals surface area contributed by atoms with Gasteiger partial charge < -0.3 is 10.2 Å². The van der Waals surface area contributed by atoms with Crippen LogP contribution in [0.25, 0.3) is 0 Å². The maximum Gasteiger partial charge on any atom is 0.0543 e. The largest absolute Gasteiger partial charge is 0.396 e. The van der Waals surface area contributed by atoms with Gasteiger partial charge in [0, 0.05) is 12.5 Å². The lowest BCUT2D eigenvalue weighted by atomic mass is 9.47. The number of aliphatic hydroxyl groups excluding tert-OH is 2. The average molecular weight is 304 g/mol. The van der Waals surface area contributed by atoms with Gasteiger partial charge in [-0.3, -0.25) is 0 Å². The van der Waals surface area contributed by atoms with E-state index in [1.54, 1.807) is 5.57 Å². The van der Waals surface area contributed by atoms with E-state index in [-0.39, 0.29) is 6.10 Å². The van der Waals surface area contributed by atoms with Crippen LogP contribution < -0.4 is 0 Å². The predicted molar refractivity (Wildman–Crippen MR) is 88.3 cm³/mol. The van der Waals surface area contributed by atoms with Gasteiger partial charge in [-0.25, -0.2) is 0 Å². The summed E-state index contributed by atoms with van der Waals surface area (Å²) in [6.07, 6.45) is 9.78. The zero-order chi connectivity index (χ0) is 15.5. The van der Waals surface area contributed by atoms with Crippen molar-refractivity contribution in [2.24, 2.45) is 35.0 Å². The number of rotatable bonds is 1. The first-order chi connectivity index (χ1) is 10.5. The van der Waals surface area contributed by atoms with Crippen LogP contribution >= 0.6 is 0 Å². The molecule has 4 aliphatic rings. The second kappa shape index (κ2) is 5.34. The molecular weight excluding hydrogens is 272 g/mol. The van der Waals surface area contributed by atoms with Gasteiger partial charge in [0.2, 0.25) is 0 Å². The fraction of sp³-hybridized carbons (Fsp3) is 0.900. The molecule has 4 aliphatic carbocycles. The molecular formula is C20H32O2. The highest BCUT2D eigenvalue weighted by Gasteiger charge is 2.54. The predicted octanol–water partition coefficient (Wildman–Crippen LogP) is 3.92. The lowest BCUT2D eigenvalue weighted by molar-refractivity contribution is -0.0904. The molecule has 0 spiro atoms. The fourth-order valence-electron chi connectivity index (χ4n) is 6.96. The normalized spacial score (nSPS) is 51.3. The average Bonchev–Trinajstić information content (AvgIpc) is 2.85. The molecule has 4 rings (SSSR count). The van der Waals surface area contributed by atoms with E-state index in [9.17, 15) is 10.2 Å². The van der Waals surface area contributed by atoms with Crippen LogP contribution in [0.1, 0.15) is 65.2 Å². The standard InChI is InChI=1S/C20H32O2/c1-12-13(11-21)9-18-16(12)5-6-19-17(18)4-3-14-10-15(22)7-8-20(14,19)2/h13-15,17-19,21-22H,3-11H2,1-2H3/t13-,14+,15+,17+,18-,19+,20+/m1/s1. The molecule has 0 saturated heterocycles. The summed E-state index contributed by atoms with van der Waals surface area (Å²) < 4.78 is 0. The Kier molecular flexibility index (Phi) is 3.69. The molecule has 0 bridgehead atoms. The quantitative estimate of drug-likeness (QED) is 0.721. The summed E-state index contributed by atoms with van der Waals surface area (Å²) in [6, 6.07) is 0. The molecule has 0 heterocycles. The molecule has 3 fully saturated rings. The van der Waals surface area contributed by atoms with E-state index >= 15 is 0 Å². The zero-order valence-corrected chi connectivity index (χ0v) is 14.2. The Bertz CT molecular complexity index is 482. The van der Waals surface area contributed by atoms with Gasteiger partial charge in [0.05, 0.1) is 6.10 Å². The molecule has 0 amide bonds. The van der Waals surface area contributed by atoms with Gasteiger partial charge in [-0.1, -0.05) is 18.1 Å². The maximum atomic E-state index is 10.1. The van der Waals surface area contributed by atoms with Gasteiger partial charge in [-0.15, -0.1) is 0 Å². The molecule has 0 aliphatic heterocycles. The monoisotopic (exact) mass is 304 g/mol. The van der Waals surface area contributed by atoms with Crippen molar-refractivity contribution in [3.05, 3.63) is 11.1 Å². The molecule has 7 atom stereocenters. The molecule has 0 aromatic carbocycles. The topological polar surface area (TPSA) is 40.5 Å². The van der Waals surface area contributed by atoms with Crippen LogP contribution in [-0.4, -0.2) is 22.9 Å². The molecule has 0 unspecified atom stereocenters. The van der Waals surface area contributed by atoms with Crippen molar-refractivity contribution >= 4 is 0 Å².